The lowest BCUT2D eigenvalue weighted by atomic mass is 10.4. The van der Waals surface area contributed by atoms with Crippen LogP contribution in [-0.4, -0.2) is 45.9 Å². The first-order valence-electron chi connectivity index (χ1n) is 6.06. The number of nitrogens with zero attached hydrogens (tertiary/aromatic N) is 2. The Morgan fingerprint density at radius 2 is 1.21 bits per heavy atom. The van der Waals surface area contributed by atoms with Crippen LogP contribution in [0.1, 0.15) is 13.3 Å². The second kappa shape index (κ2) is 7.41. The van der Waals surface area contributed by atoms with Crippen molar-refractivity contribution in [3.8, 4) is 0 Å². The zero-order valence-corrected chi connectivity index (χ0v) is 14.0. The summed E-state index contributed by atoms with van der Waals surface area (Å²) in [5, 5.41) is 0. The van der Waals surface area contributed by atoms with E-state index in [9.17, 15) is 43.2 Å². The van der Waals surface area contributed by atoms with Gasteiger partial charge in [0, 0.05) is 0 Å². The minimum Gasteiger partial charge on any atom is -0.421 e. The molecule has 0 atom stereocenters. The summed E-state index contributed by atoms with van der Waals surface area (Å²) < 4.78 is 110. The molecule has 0 spiro atoms. The average molecular weight is 404 g/mol. The van der Waals surface area contributed by atoms with Gasteiger partial charge < -0.3 is 4.13 Å². The highest BCUT2D eigenvalue weighted by molar-refractivity contribution is 8.13. The van der Waals surface area contributed by atoms with Crippen LogP contribution in [0.4, 0.5) is 26.3 Å². The molecule has 0 bridgehead atoms. The van der Waals surface area contributed by atoms with Crippen molar-refractivity contribution in [1.29, 1.82) is 0 Å². The summed E-state index contributed by atoms with van der Waals surface area (Å²) in [6, 6.07) is 0. The van der Waals surface area contributed by atoms with Crippen LogP contribution < -0.4 is 0 Å². The number of alkyl halides is 6. The summed E-state index contributed by atoms with van der Waals surface area (Å²) in [7, 11) is -11.2. The lowest BCUT2D eigenvalue weighted by molar-refractivity contribution is -0.804. The molecule has 1 aliphatic heterocycles. The fourth-order valence-corrected chi connectivity index (χ4v) is 3.10. The zero-order chi connectivity index (χ0) is 19.4. The van der Waals surface area contributed by atoms with Crippen molar-refractivity contribution in [2.45, 2.75) is 24.4 Å². The Balaban J connectivity index is 0.000000496. The maximum atomic E-state index is 11.4. The van der Waals surface area contributed by atoms with Crippen LogP contribution in [0.15, 0.2) is 24.6 Å². The zero-order valence-electron chi connectivity index (χ0n) is 12.3. The third kappa shape index (κ3) is 6.41. The van der Waals surface area contributed by atoms with E-state index < -0.39 is 31.1 Å². The van der Waals surface area contributed by atoms with E-state index >= 15 is 0 Å². The smallest absolute Gasteiger partial charge is 0.421 e. The number of hydrogen-bond acceptors (Lipinski definition) is 4. The van der Waals surface area contributed by atoms with Gasteiger partial charge in [-0.2, -0.15) is 26.3 Å². The molecule has 0 saturated heterocycles. The van der Waals surface area contributed by atoms with Gasteiger partial charge in [-0.15, -0.1) is 0 Å². The van der Waals surface area contributed by atoms with Crippen LogP contribution in [0.5, 0.6) is 0 Å². The van der Waals surface area contributed by atoms with Crippen LogP contribution in [0.2, 0.25) is 0 Å². The van der Waals surface area contributed by atoms with Crippen LogP contribution >= 0.6 is 0 Å². The fourth-order valence-electron chi connectivity index (χ4n) is 1.39. The molecule has 0 radical (unpaired) electrons. The molecule has 1 aliphatic rings. The lowest BCUT2D eigenvalue weighted by Crippen LogP contribution is -2.30. The molecule has 142 valence electrons. The molecule has 24 heavy (non-hydrogen) atoms. The van der Waals surface area contributed by atoms with Crippen molar-refractivity contribution in [3.05, 3.63) is 28.7 Å². The Kier molecular flexibility index (Phi) is 7.06. The Hall–Kier alpha value is -1.12. The van der Waals surface area contributed by atoms with Gasteiger partial charge in [-0.25, -0.2) is 16.8 Å². The molecule has 14 heteroatoms. The molecule has 6 nitrogen and oxygen atoms in total. The van der Waals surface area contributed by atoms with Gasteiger partial charge in [0.05, 0.1) is 13.6 Å². The van der Waals surface area contributed by atoms with E-state index in [1.807, 2.05) is 0 Å². The van der Waals surface area contributed by atoms with Gasteiger partial charge >= 0.3 is 11.0 Å². The number of rotatable bonds is 4. The highest BCUT2D eigenvalue weighted by Crippen LogP contribution is 2.36. The quantitative estimate of drug-likeness (QED) is 0.533. The number of sulfonamides is 2. The van der Waals surface area contributed by atoms with Crippen molar-refractivity contribution < 1.29 is 47.7 Å². The third-order valence-corrected chi connectivity index (χ3v) is 5.19. The average Bonchev–Trinajstić information content (AvgIpc) is 2.72. The van der Waals surface area contributed by atoms with Crippen LogP contribution in [-0.2, 0) is 20.0 Å². The minimum absolute atomic E-state index is 0.778. The van der Waals surface area contributed by atoms with Crippen LogP contribution in [0.25, 0.3) is 4.13 Å². The van der Waals surface area contributed by atoms with E-state index in [-0.39, 0.29) is 0 Å². The second-order valence-corrected chi connectivity index (χ2v) is 8.09. The van der Waals surface area contributed by atoms with Gasteiger partial charge in [0.25, 0.3) is 0 Å². The molecule has 0 amide bonds. The Labute approximate surface area is 135 Å². The number of halogens is 6. The van der Waals surface area contributed by atoms with Crippen molar-refractivity contribution in [2.75, 3.05) is 13.6 Å². The van der Waals surface area contributed by atoms with Gasteiger partial charge in [0.15, 0.2) is 20.0 Å². The standard InChI is InChI=1S/C8H14N.C2F6NO4S2/c1-3-6-9(2)7-4-5-8-9;3-1(4,5)14(10,11)9-15(12,13)2(6,7)8/h4-5,7-8H,3,6H2,1-2H3;/q+1;-1. The summed E-state index contributed by atoms with van der Waals surface area (Å²) >= 11 is 0. The van der Waals surface area contributed by atoms with Crippen LogP contribution in [0, 0.1) is 0 Å². The first kappa shape index (κ1) is 22.9. The maximum Gasteiger partial charge on any atom is 0.480 e. The van der Waals surface area contributed by atoms with Crippen molar-refractivity contribution in [2.24, 2.45) is 0 Å². The van der Waals surface area contributed by atoms with E-state index in [0.29, 0.717) is 0 Å². The predicted molar refractivity (Wildman–Crippen MR) is 72.9 cm³/mol. The topological polar surface area (TPSA) is 82.4 Å². The SMILES string of the molecule is CCC[N+]1(C)C=CC=C1.O=S(=O)([N-]S(=O)(=O)C(F)(F)F)C(F)(F)F. The second-order valence-electron chi connectivity index (χ2n) is 4.67. The molecule has 0 aromatic rings. The molecule has 0 fully saturated rings. The van der Waals surface area contributed by atoms with Gasteiger partial charge in [-0.1, -0.05) is 6.92 Å². The van der Waals surface area contributed by atoms with Crippen LogP contribution in [0.3, 0.4) is 0 Å². The fraction of sp³-hybridized carbons (Fsp3) is 0.600. The van der Waals surface area contributed by atoms with Crippen molar-refractivity contribution >= 4 is 20.0 Å². The summed E-state index contributed by atoms with van der Waals surface area (Å²) in [5.74, 6) is 0. The predicted octanol–water partition coefficient (Wildman–Crippen LogP) is 2.94. The summed E-state index contributed by atoms with van der Waals surface area (Å²) in [6.45, 7) is 3.43. The maximum absolute atomic E-state index is 11.4. The molecule has 1 heterocycles. The molecular weight excluding hydrogens is 390 g/mol. The Morgan fingerprint density at radius 1 is 0.875 bits per heavy atom. The minimum atomic E-state index is -6.72. The summed E-state index contributed by atoms with van der Waals surface area (Å²) in [6.07, 6.45) is 9.88. The van der Waals surface area contributed by atoms with Gasteiger partial charge in [0.2, 0.25) is 0 Å². The molecule has 1 rings (SSSR count). The Bertz CT molecular complexity index is 638. The molecule has 0 unspecified atom stereocenters. The van der Waals surface area contributed by atoms with E-state index in [4.69, 9.17) is 0 Å². The van der Waals surface area contributed by atoms with Crippen molar-refractivity contribution in [3.63, 3.8) is 0 Å². The molecular formula is C10H14F6N2O4S2. The van der Waals surface area contributed by atoms with E-state index in [2.05, 4.69) is 38.5 Å². The first-order valence-corrected chi connectivity index (χ1v) is 8.94. The largest absolute Gasteiger partial charge is 0.480 e. The van der Waals surface area contributed by atoms with Crippen molar-refractivity contribution in [1.82, 2.24) is 0 Å². The van der Waals surface area contributed by atoms with Gasteiger partial charge in [-0.3, -0.25) is 4.48 Å². The molecule has 0 N–H and O–H groups in total. The normalized spacial score (nSPS) is 17.5. The highest BCUT2D eigenvalue weighted by atomic mass is 32.3. The van der Waals surface area contributed by atoms with Gasteiger partial charge in [0.1, 0.15) is 12.4 Å². The molecule has 0 aromatic heterocycles. The lowest BCUT2D eigenvalue weighted by Gasteiger charge is -2.22. The van der Waals surface area contributed by atoms with Gasteiger partial charge in [-0.05, 0) is 18.6 Å². The number of allylic oxidation sites excluding steroid dienone is 2. The summed E-state index contributed by atoms with van der Waals surface area (Å²) in [5.41, 5.74) is -12.4. The number of hydrogen-bond donors (Lipinski definition) is 0. The first-order chi connectivity index (χ1) is 10.5. The molecule has 0 saturated carbocycles. The number of quaternary nitrogens is 1. The Morgan fingerprint density at radius 3 is 1.46 bits per heavy atom. The highest BCUT2D eigenvalue weighted by Gasteiger charge is 2.46. The van der Waals surface area contributed by atoms with E-state index in [1.165, 1.54) is 13.0 Å². The summed E-state index contributed by atoms with van der Waals surface area (Å²) in [4.78, 5) is 0. The van der Waals surface area contributed by atoms with E-state index in [0.717, 1.165) is 8.61 Å². The third-order valence-electron chi connectivity index (χ3n) is 2.45. The molecule has 0 aliphatic carbocycles. The van der Waals surface area contributed by atoms with E-state index in [1.54, 1.807) is 0 Å². The monoisotopic (exact) mass is 404 g/mol. The molecule has 0 aromatic carbocycles.